The maximum absolute atomic E-state index is 12.3. The molecule has 2 N–H and O–H groups in total. The molecule has 2 rings (SSSR count). The van der Waals surface area contributed by atoms with E-state index >= 15 is 0 Å². The van der Waals surface area contributed by atoms with E-state index in [0.717, 1.165) is 25.9 Å². The molecule has 0 aromatic carbocycles. The van der Waals surface area contributed by atoms with E-state index in [-0.39, 0.29) is 23.6 Å². The lowest BCUT2D eigenvalue weighted by atomic mass is 10.1. The van der Waals surface area contributed by atoms with Gasteiger partial charge in [-0.05, 0) is 38.3 Å². The predicted molar refractivity (Wildman–Crippen MR) is 78.9 cm³/mol. The maximum atomic E-state index is 12.3. The van der Waals surface area contributed by atoms with Crippen molar-refractivity contribution >= 4 is 17.6 Å². The number of anilines is 1. The number of nitrogens with zero attached hydrogens (tertiary/aromatic N) is 3. The van der Waals surface area contributed by atoms with Crippen molar-refractivity contribution in [3.05, 3.63) is 17.8 Å². The van der Waals surface area contributed by atoms with Gasteiger partial charge in [0, 0.05) is 20.1 Å². The van der Waals surface area contributed by atoms with Crippen LogP contribution in [0.3, 0.4) is 0 Å². The average molecular weight is 291 g/mol. The van der Waals surface area contributed by atoms with Gasteiger partial charge in [0.1, 0.15) is 11.9 Å². The monoisotopic (exact) mass is 291 g/mol. The molecule has 1 aromatic heterocycles. The first-order valence-electron chi connectivity index (χ1n) is 7.23. The van der Waals surface area contributed by atoms with Gasteiger partial charge >= 0.3 is 0 Å². The Kier molecular flexibility index (Phi) is 5.08. The Balaban J connectivity index is 1.93. The minimum absolute atomic E-state index is 0.0758. The molecule has 2 amide bonds. The number of nitrogens with one attached hydrogen (secondary N) is 2. The topological polar surface area (TPSA) is 87.2 Å². The molecule has 0 bridgehead atoms. The van der Waals surface area contributed by atoms with E-state index in [1.54, 1.807) is 12.1 Å². The SMILES string of the molecule is CNC(=O)c1ccc(NC(C)C(=O)N2CCCCC2)nn1. The Labute approximate surface area is 124 Å². The fourth-order valence-corrected chi connectivity index (χ4v) is 2.33. The first-order valence-corrected chi connectivity index (χ1v) is 7.23. The lowest BCUT2D eigenvalue weighted by Gasteiger charge is -2.29. The van der Waals surface area contributed by atoms with Crippen LogP contribution in [0.2, 0.25) is 0 Å². The Bertz CT molecular complexity index is 497. The highest BCUT2D eigenvalue weighted by Gasteiger charge is 2.22. The third kappa shape index (κ3) is 3.90. The Morgan fingerprint density at radius 1 is 1.19 bits per heavy atom. The van der Waals surface area contributed by atoms with Crippen molar-refractivity contribution in [2.45, 2.75) is 32.2 Å². The second-order valence-electron chi connectivity index (χ2n) is 5.13. The van der Waals surface area contributed by atoms with Crippen LogP contribution in [0.1, 0.15) is 36.7 Å². The standard InChI is InChI=1S/C14H21N5O2/c1-10(14(21)19-8-4-3-5-9-19)16-12-7-6-11(17-18-12)13(20)15-2/h6-7,10H,3-5,8-9H2,1-2H3,(H,15,20)(H,16,18). The number of carbonyl (C=O) groups excluding carboxylic acids is 2. The zero-order valence-corrected chi connectivity index (χ0v) is 12.4. The van der Waals surface area contributed by atoms with Crippen LogP contribution < -0.4 is 10.6 Å². The summed E-state index contributed by atoms with van der Waals surface area (Å²) in [5, 5.41) is 13.3. The molecule has 0 aliphatic carbocycles. The minimum atomic E-state index is -0.358. The molecule has 2 heterocycles. The summed E-state index contributed by atoms with van der Waals surface area (Å²) < 4.78 is 0. The first kappa shape index (κ1) is 15.2. The Hall–Kier alpha value is -2.18. The highest BCUT2D eigenvalue weighted by molar-refractivity contribution is 5.92. The number of amides is 2. The first-order chi connectivity index (χ1) is 10.1. The van der Waals surface area contributed by atoms with Crippen molar-refractivity contribution in [1.82, 2.24) is 20.4 Å². The largest absolute Gasteiger partial charge is 0.357 e. The molecule has 21 heavy (non-hydrogen) atoms. The van der Waals surface area contributed by atoms with Gasteiger partial charge in [0.2, 0.25) is 5.91 Å². The van der Waals surface area contributed by atoms with Crippen LogP contribution in [-0.4, -0.2) is 53.1 Å². The van der Waals surface area contributed by atoms with E-state index in [2.05, 4.69) is 20.8 Å². The minimum Gasteiger partial charge on any atom is -0.357 e. The van der Waals surface area contributed by atoms with Crippen molar-refractivity contribution in [3.63, 3.8) is 0 Å². The van der Waals surface area contributed by atoms with E-state index in [4.69, 9.17) is 0 Å². The predicted octanol–water partition coefficient (Wildman–Crippen LogP) is 0.649. The van der Waals surface area contributed by atoms with Crippen LogP contribution in [-0.2, 0) is 4.79 Å². The lowest BCUT2D eigenvalue weighted by Crippen LogP contribution is -2.44. The molecule has 0 radical (unpaired) electrons. The van der Waals surface area contributed by atoms with Crippen LogP contribution >= 0.6 is 0 Å². The quantitative estimate of drug-likeness (QED) is 0.850. The van der Waals surface area contributed by atoms with Gasteiger partial charge in [0.05, 0.1) is 0 Å². The van der Waals surface area contributed by atoms with E-state index in [1.807, 2.05) is 11.8 Å². The molecule has 1 atom stereocenters. The molecule has 1 fully saturated rings. The number of likely N-dealkylation sites (tertiary alicyclic amines) is 1. The number of hydrogen-bond donors (Lipinski definition) is 2. The maximum Gasteiger partial charge on any atom is 0.271 e. The zero-order chi connectivity index (χ0) is 15.2. The van der Waals surface area contributed by atoms with Gasteiger partial charge in [-0.25, -0.2) is 0 Å². The Morgan fingerprint density at radius 3 is 2.48 bits per heavy atom. The van der Waals surface area contributed by atoms with Crippen molar-refractivity contribution in [2.24, 2.45) is 0 Å². The van der Waals surface area contributed by atoms with E-state index < -0.39 is 0 Å². The fourth-order valence-electron chi connectivity index (χ4n) is 2.33. The average Bonchev–Trinajstić information content (AvgIpc) is 2.55. The number of carbonyl (C=O) groups is 2. The van der Waals surface area contributed by atoms with E-state index in [0.29, 0.717) is 5.82 Å². The number of hydrogen-bond acceptors (Lipinski definition) is 5. The second-order valence-corrected chi connectivity index (χ2v) is 5.13. The summed E-state index contributed by atoms with van der Waals surface area (Å²) in [6, 6.07) is 2.87. The molecular weight excluding hydrogens is 270 g/mol. The van der Waals surface area contributed by atoms with Crippen LogP contribution in [0.15, 0.2) is 12.1 Å². The van der Waals surface area contributed by atoms with Gasteiger partial charge in [-0.15, -0.1) is 10.2 Å². The van der Waals surface area contributed by atoms with Gasteiger partial charge in [0.15, 0.2) is 5.69 Å². The summed E-state index contributed by atoms with van der Waals surface area (Å²) in [6.07, 6.45) is 3.33. The summed E-state index contributed by atoms with van der Waals surface area (Å²) in [4.78, 5) is 25.5. The molecular formula is C14H21N5O2. The molecule has 1 aliphatic rings. The van der Waals surface area contributed by atoms with Crippen LogP contribution in [0, 0.1) is 0 Å². The fraction of sp³-hybridized carbons (Fsp3) is 0.571. The van der Waals surface area contributed by atoms with Gasteiger partial charge in [-0.3, -0.25) is 9.59 Å². The van der Waals surface area contributed by atoms with Crippen LogP contribution in [0.5, 0.6) is 0 Å². The summed E-state index contributed by atoms with van der Waals surface area (Å²) in [7, 11) is 1.54. The highest BCUT2D eigenvalue weighted by Crippen LogP contribution is 2.12. The van der Waals surface area contributed by atoms with Crippen LogP contribution in [0.25, 0.3) is 0 Å². The molecule has 114 valence electrons. The number of rotatable bonds is 4. The molecule has 0 spiro atoms. The van der Waals surface area contributed by atoms with Crippen molar-refractivity contribution in [3.8, 4) is 0 Å². The van der Waals surface area contributed by atoms with Gasteiger partial charge < -0.3 is 15.5 Å². The summed E-state index contributed by atoms with van der Waals surface area (Å²) >= 11 is 0. The molecule has 0 saturated carbocycles. The molecule has 1 saturated heterocycles. The van der Waals surface area contributed by atoms with E-state index in [1.165, 1.54) is 13.5 Å². The van der Waals surface area contributed by atoms with Crippen molar-refractivity contribution < 1.29 is 9.59 Å². The third-order valence-corrected chi connectivity index (χ3v) is 3.53. The lowest BCUT2D eigenvalue weighted by molar-refractivity contribution is -0.132. The van der Waals surface area contributed by atoms with E-state index in [9.17, 15) is 9.59 Å². The number of aromatic nitrogens is 2. The van der Waals surface area contributed by atoms with Gasteiger partial charge in [-0.1, -0.05) is 0 Å². The normalized spacial score (nSPS) is 16.2. The molecule has 7 heteroatoms. The van der Waals surface area contributed by atoms with Crippen molar-refractivity contribution in [2.75, 3.05) is 25.5 Å². The summed E-state index contributed by atoms with van der Waals surface area (Å²) in [5.74, 6) is 0.277. The summed E-state index contributed by atoms with van der Waals surface area (Å²) in [5.41, 5.74) is 0.248. The Morgan fingerprint density at radius 2 is 1.90 bits per heavy atom. The molecule has 1 aliphatic heterocycles. The molecule has 7 nitrogen and oxygen atoms in total. The van der Waals surface area contributed by atoms with Crippen molar-refractivity contribution in [1.29, 1.82) is 0 Å². The zero-order valence-electron chi connectivity index (χ0n) is 12.4. The summed E-state index contributed by atoms with van der Waals surface area (Å²) in [6.45, 7) is 3.46. The highest BCUT2D eigenvalue weighted by atomic mass is 16.2. The van der Waals surface area contributed by atoms with Gasteiger partial charge in [-0.2, -0.15) is 0 Å². The molecule has 1 unspecified atom stereocenters. The van der Waals surface area contributed by atoms with Gasteiger partial charge in [0.25, 0.3) is 5.91 Å². The smallest absolute Gasteiger partial charge is 0.271 e. The second kappa shape index (κ2) is 7.01. The number of piperidine rings is 1. The molecule has 1 aromatic rings. The van der Waals surface area contributed by atoms with Crippen LogP contribution in [0.4, 0.5) is 5.82 Å². The third-order valence-electron chi connectivity index (χ3n) is 3.53.